The van der Waals surface area contributed by atoms with Crippen molar-refractivity contribution in [2.24, 2.45) is 0 Å². The standard InChI is InChI=1S/C23H26ClN5O3S/c1-16(2)33(30,31)21-6-4-3-5-20(21)27-22-19(24)15-25-23(28-22)26-17-7-9-18(10-8-17)29-11-13-32-14-12-29/h3-10,15-16H,11-14H2,1-2H3,(H2,25,26,27,28). The van der Waals surface area contributed by atoms with E-state index in [1.54, 1.807) is 38.1 Å². The van der Waals surface area contributed by atoms with Crippen molar-refractivity contribution < 1.29 is 13.2 Å². The number of sulfone groups is 1. The highest BCUT2D eigenvalue weighted by Gasteiger charge is 2.23. The molecule has 1 fully saturated rings. The maximum Gasteiger partial charge on any atom is 0.229 e. The molecule has 1 aliphatic heterocycles. The number of nitrogens with one attached hydrogen (secondary N) is 2. The summed E-state index contributed by atoms with van der Waals surface area (Å²) in [5.41, 5.74) is 2.36. The fourth-order valence-corrected chi connectivity index (χ4v) is 4.76. The van der Waals surface area contributed by atoms with E-state index in [4.69, 9.17) is 16.3 Å². The van der Waals surface area contributed by atoms with Crippen LogP contribution in [0.4, 0.5) is 28.8 Å². The molecule has 4 rings (SSSR count). The maximum atomic E-state index is 12.7. The molecule has 3 aromatic rings. The first-order chi connectivity index (χ1) is 15.8. The Morgan fingerprint density at radius 1 is 1.03 bits per heavy atom. The van der Waals surface area contributed by atoms with E-state index in [9.17, 15) is 8.42 Å². The highest BCUT2D eigenvalue weighted by atomic mass is 35.5. The smallest absolute Gasteiger partial charge is 0.229 e. The van der Waals surface area contributed by atoms with Crippen molar-refractivity contribution >= 4 is 50.3 Å². The fourth-order valence-electron chi connectivity index (χ4n) is 3.42. The van der Waals surface area contributed by atoms with Gasteiger partial charge in [-0.25, -0.2) is 13.4 Å². The summed E-state index contributed by atoms with van der Waals surface area (Å²) in [5.74, 6) is 0.649. The van der Waals surface area contributed by atoms with Gasteiger partial charge in [-0.1, -0.05) is 23.7 Å². The predicted molar refractivity (Wildman–Crippen MR) is 132 cm³/mol. The minimum atomic E-state index is -3.49. The van der Waals surface area contributed by atoms with E-state index < -0.39 is 15.1 Å². The Morgan fingerprint density at radius 2 is 1.73 bits per heavy atom. The number of halogens is 1. The molecule has 2 heterocycles. The van der Waals surface area contributed by atoms with E-state index in [2.05, 4.69) is 25.5 Å². The molecule has 1 aliphatic rings. The average molecular weight is 488 g/mol. The minimum Gasteiger partial charge on any atom is -0.378 e. The second-order valence-corrected chi connectivity index (χ2v) is 10.8. The molecule has 0 amide bonds. The van der Waals surface area contributed by atoms with Crippen molar-refractivity contribution in [3.05, 3.63) is 59.8 Å². The number of aromatic nitrogens is 2. The molecule has 0 saturated carbocycles. The number of anilines is 5. The molecule has 1 aromatic heterocycles. The Balaban J connectivity index is 1.54. The number of nitrogens with zero attached hydrogens (tertiary/aromatic N) is 3. The zero-order chi connectivity index (χ0) is 23.4. The molecule has 10 heteroatoms. The van der Waals surface area contributed by atoms with E-state index in [-0.39, 0.29) is 9.92 Å². The van der Waals surface area contributed by atoms with Crippen LogP contribution in [0.5, 0.6) is 0 Å². The van der Waals surface area contributed by atoms with E-state index in [1.165, 1.54) is 6.20 Å². The summed E-state index contributed by atoms with van der Waals surface area (Å²) in [4.78, 5) is 11.2. The minimum absolute atomic E-state index is 0.197. The lowest BCUT2D eigenvalue weighted by molar-refractivity contribution is 0.122. The van der Waals surface area contributed by atoms with Crippen LogP contribution in [0.15, 0.2) is 59.6 Å². The topological polar surface area (TPSA) is 96.5 Å². The molecule has 8 nitrogen and oxygen atoms in total. The normalized spacial score (nSPS) is 14.4. The van der Waals surface area contributed by atoms with Gasteiger partial charge in [0.2, 0.25) is 5.95 Å². The molecule has 0 atom stereocenters. The maximum absolute atomic E-state index is 12.7. The van der Waals surface area contributed by atoms with E-state index >= 15 is 0 Å². The van der Waals surface area contributed by atoms with Gasteiger partial charge in [-0.3, -0.25) is 0 Å². The van der Waals surface area contributed by atoms with Gasteiger partial charge in [0, 0.05) is 24.5 Å². The fraction of sp³-hybridized carbons (Fsp3) is 0.304. The average Bonchev–Trinajstić information content (AvgIpc) is 2.82. The summed E-state index contributed by atoms with van der Waals surface area (Å²) in [5, 5.41) is 5.95. The van der Waals surface area contributed by atoms with Crippen molar-refractivity contribution in [2.45, 2.75) is 24.0 Å². The lowest BCUT2D eigenvalue weighted by Crippen LogP contribution is -2.36. The Hall–Kier alpha value is -2.88. The molecule has 0 bridgehead atoms. The van der Waals surface area contributed by atoms with Crippen LogP contribution in [0.1, 0.15) is 13.8 Å². The van der Waals surface area contributed by atoms with Gasteiger partial charge in [-0.2, -0.15) is 4.98 Å². The van der Waals surface area contributed by atoms with Crippen molar-refractivity contribution in [3.8, 4) is 0 Å². The molecule has 33 heavy (non-hydrogen) atoms. The van der Waals surface area contributed by atoms with Crippen molar-refractivity contribution in [2.75, 3.05) is 41.8 Å². The largest absolute Gasteiger partial charge is 0.378 e. The number of morpholine rings is 1. The third-order valence-corrected chi connectivity index (χ3v) is 7.80. The molecular formula is C23H26ClN5O3S. The summed E-state index contributed by atoms with van der Waals surface area (Å²) in [6, 6.07) is 14.7. The van der Waals surface area contributed by atoms with Crippen LogP contribution in [0.2, 0.25) is 5.02 Å². The number of ether oxygens (including phenoxy) is 1. The Labute approximate surface area is 198 Å². The Kier molecular flexibility index (Phi) is 7.02. The van der Waals surface area contributed by atoms with Gasteiger partial charge in [-0.05, 0) is 50.2 Å². The van der Waals surface area contributed by atoms with Gasteiger partial charge >= 0.3 is 0 Å². The molecule has 0 aliphatic carbocycles. The van der Waals surface area contributed by atoms with Crippen LogP contribution in [0.3, 0.4) is 0 Å². The molecule has 0 unspecified atom stereocenters. The van der Waals surface area contributed by atoms with Gasteiger partial charge < -0.3 is 20.3 Å². The molecule has 0 radical (unpaired) electrons. The van der Waals surface area contributed by atoms with Gasteiger partial charge in [0.25, 0.3) is 0 Å². The van der Waals surface area contributed by atoms with Crippen LogP contribution in [0.25, 0.3) is 0 Å². The van der Waals surface area contributed by atoms with Crippen molar-refractivity contribution in [1.82, 2.24) is 9.97 Å². The molecule has 0 spiro atoms. The second kappa shape index (κ2) is 9.94. The monoisotopic (exact) mass is 487 g/mol. The van der Waals surface area contributed by atoms with Crippen molar-refractivity contribution in [1.29, 1.82) is 0 Å². The third kappa shape index (κ3) is 5.38. The van der Waals surface area contributed by atoms with Gasteiger partial charge in [-0.15, -0.1) is 0 Å². The number of para-hydroxylation sites is 1. The molecular weight excluding hydrogens is 462 g/mol. The summed E-state index contributed by atoms with van der Waals surface area (Å²) in [7, 11) is -3.49. The molecule has 1 saturated heterocycles. The number of benzene rings is 2. The highest BCUT2D eigenvalue weighted by molar-refractivity contribution is 7.92. The molecule has 2 aromatic carbocycles. The number of hydrogen-bond donors (Lipinski definition) is 2. The first kappa shape index (κ1) is 23.3. The second-order valence-electron chi connectivity index (χ2n) is 7.88. The number of rotatable bonds is 7. The van der Waals surface area contributed by atoms with Gasteiger partial charge in [0.15, 0.2) is 15.7 Å². The van der Waals surface area contributed by atoms with Gasteiger partial charge in [0.1, 0.15) is 5.02 Å². The first-order valence-corrected chi connectivity index (χ1v) is 12.6. The zero-order valence-corrected chi connectivity index (χ0v) is 20.0. The highest BCUT2D eigenvalue weighted by Crippen LogP contribution is 2.30. The Bertz CT molecular complexity index is 1210. The van der Waals surface area contributed by atoms with Crippen LogP contribution >= 0.6 is 11.6 Å². The van der Waals surface area contributed by atoms with E-state index in [0.717, 1.165) is 37.7 Å². The summed E-state index contributed by atoms with van der Waals surface area (Å²) in [6.45, 7) is 6.50. The molecule has 174 valence electrons. The first-order valence-electron chi connectivity index (χ1n) is 10.7. The SMILES string of the molecule is CC(C)S(=O)(=O)c1ccccc1Nc1nc(Nc2ccc(N3CCOCC3)cc2)ncc1Cl. The van der Waals surface area contributed by atoms with Crippen LogP contribution in [-0.4, -0.2) is 49.9 Å². The lowest BCUT2D eigenvalue weighted by Gasteiger charge is -2.28. The van der Waals surface area contributed by atoms with Crippen molar-refractivity contribution in [3.63, 3.8) is 0 Å². The van der Waals surface area contributed by atoms with E-state index in [0.29, 0.717) is 17.5 Å². The van der Waals surface area contributed by atoms with Crippen LogP contribution < -0.4 is 15.5 Å². The predicted octanol–water partition coefficient (Wildman–Crippen LogP) is 4.64. The zero-order valence-electron chi connectivity index (χ0n) is 18.5. The summed E-state index contributed by atoms with van der Waals surface area (Å²) < 4.78 is 30.9. The number of hydrogen-bond acceptors (Lipinski definition) is 8. The van der Waals surface area contributed by atoms with Crippen LogP contribution in [0, 0.1) is 0 Å². The summed E-state index contributed by atoms with van der Waals surface area (Å²) >= 11 is 6.30. The van der Waals surface area contributed by atoms with Gasteiger partial charge in [0.05, 0.1) is 35.2 Å². The molecule has 2 N–H and O–H groups in total. The third-order valence-electron chi connectivity index (χ3n) is 5.31. The van der Waals surface area contributed by atoms with Crippen LogP contribution in [-0.2, 0) is 14.6 Å². The Morgan fingerprint density at radius 3 is 2.42 bits per heavy atom. The quantitative estimate of drug-likeness (QED) is 0.497. The van der Waals surface area contributed by atoms with E-state index in [1.807, 2.05) is 24.3 Å². The summed E-state index contributed by atoms with van der Waals surface area (Å²) in [6.07, 6.45) is 1.47. The lowest BCUT2D eigenvalue weighted by atomic mass is 10.2.